The lowest BCUT2D eigenvalue weighted by Crippen LogP contribution is -2.44. The van der Waals surface area contributed by atoms with Crippen LogP contribution >= 0.6 is 22.6 Å². The first-order chi connectivity index (χ1) is 10.3. The first-order valence-corrected chi connectivity index (χ1v) is 9.91. The molecule has 0 saturated heterocycles. The van der Waals surface area contributed by atoms with Crippen LogP contribution in [0.1, 0.15) is 69.8 Å². The lowest BCUT2D eigenvalue weighted by atomic mass is 9.88. The lowest BCUT2D eigenvalue weighted by Gasteiger charge is -2.41. The van der Waals surface area contributed by atoms with Crippen LogP contribution in [0.15, 0.2) is 24.3 Å². The van der Waals surface area contributed by atoms with Crippen LogP contribution in [-0.4, -0.2) is 17.0 Å². The van der Waals surface area contributed by atoms with Crippen LogP contribution in [0.4, 0.5) is 0 Å². The van der Waals surface area contributed by atoms with Crippen LogP contribution in [-0.2, 0) is 6.54 Å². The molecule has 116 valence electrons. The third-order valence-corrected chi connectivity index (χ3v) is 6.08. The second kappa shape index (κ2) is 7.96. The Morgan fingerprint density at radius 3 is 1.71 bits per heavy atom. The second-order valence-corrected chi connectivity index (χ2v) is 8.13. The Balaban J connectivity index is 1.72. The zero-order chi connectivity index (χ0) is 14.5. The number of benzene rings is 1. The van der Waals surface area contributed by atoms with Crippen molar-refractivity contribution < 1.29 is 0 Å². The summed E-state index contributed by atoms with van der Waals surface area (Å²) in [5.41, 5.74) is 1.51. The van der Waals surface area contributed by atoms with Crippen LogP contribution in [0.3, 0.4) is 0 Å². The molecule has 21 heavy (non-hydrogen) atoms. The highest BCUT2D eigenvalue weighted by Gasteiger charge is 2.28. The van der Waals surface area contributed by atoms with Gasteiger partial charge in [0.2, 0.25) is 0 Å². The summed E-state index contributed by atoms with van der Waals surface area (Å²) in [4.78, 5) is 2.89. The van der Waals surface area contributed by atoms with Gasteiger partial charge < -0.3 is 0 Å². The topological polar surface area (TPSA) is 3.24 Å². The minimum atomic E-state index is 0.848. The lowest BCUT2D eigenvalue weighted by molar-refractivity contribution is 0.0731. The average Bonchev–Trinajstić information content (AvgIpc) is 2.56. The van der Waals surface area contributed by atoms with Gasteiger partial charge in [0.1, 0.15) is 0 Å². The van der Waals surface area contributed by atoms with Gasteiger partial charge in [-0.3, -0.25) is 4.90 Å². The van der Waals surface area contributed by atoms with Crippen LogP contribution in [0, 0.1) is 3.57 Å². The maximum Gasteiger partial charge on any atom is 0.0239 e. The predicted molar refractivity (Wildman–Crippen MR) is 98.4 cm³/mol. The van der Waals surface area contributed by atoms with Crippen LogP contribution in [0.2, 0.25) is 0 Å². The molecule has 0 atom stereocenters. The van der Waals surface area contributed by atoms with Gasteiger partial charge in [0.25, 0.3) is 0 Å². The average molecular weight is 397 g/mol. The molecule has 0 aliphatic heterocycles. The quantitative estimate of drug-likeness (QED) is 0.584. The summed E-state index contributed by atoms with van der Waals surface area (Å²) in [6, 6.07) is 10.9. The molecule has 3 rings (SSSR count). The summed E-state index contributed by atoms with van der Waals surface area (Å²) in [6.45, 7) is 1.17. The van der Waals surface area contributed by atoms with Gasteiger partial charge in [-0.15, -0.1) is 0 Å². The molecule has 0 spiro atoms. The molecule has 2 saturated carbocycles. The van der Waals surface area contributed by atoms with Gasteiger partial charge in [-0.1, -0.05) is 50.7 Å². The second-order valence-electron chi connectivity index (χ2n) is 6.88. The van der Waals surface area contributed by atoms with Gasteiger partial charge in [0.15, 0.2) is 0 Å². The number of hydrogen-bond acceptors (Lipinski definition) is 1. The third-order valence-electron chi connectivity index (χ3n) is 5.37. The molecular formula is C19H28IN. The summed E-state index contributed by atoms with van der Waals surface area (Å²) in [6.07, 6.45) is 14.4. The SMILES string of the molecule is Ic1ccc(CN(C2CCCCC2)C2CCCCC2)cc1. The van der Waals surface area contributed by atoms with E-state index < -0.39 is 0 Å². The van der Waals surface area contributed by atoms with Crippen molar-refractivity contribution in [3.63, 3.8) is 0 Å². The van der Waals surface area contributed by atoms with Gasteiger partial charge in [-0.25, -0.2) is 0 Å². The molecule has 0 radical (unpaired) electrons. The molecule has 1 aromatic carbocycles. The van der Waals surface area contributed by atoms with Crippen LogP contribution in [0.25, 0.3) is 0 Å². The molecule has 2 aliphatic rings. The molecule has 2 aliphatic carbocycles. The normalized spacial score (nSPS) is 21.8. The fraction of sp³-hybridized carbons (Fsp3) is 0.684. The van der Waals surface area contributed by atoms with E-state index >= 15 is 0 Å². The van der Waals surface area contributed by atoms with Gasteiger partial charge in [-0.05, 0) is 66.0 Å². The zero-order valence-corrected chi connectivity index (χ0v) is 15.2. The van der Waals surface area contributed by atoms with Gasteiger partial charge in [-0.2, -0.15) is 0 Å². The third kappa shape index (κ3) is 4.44. The van der Waals surface area contributed by atoms with Crippen molar-refractivity contribution in [2.24, 2.45) is 0 Å². The molecule has 0 aromatic heterocycles. The molecule has 1 aromatic rings. The van der Waals surface area contributed by atoms with E-state index in [2.05, 4.69) is 51.8 Å². The van der Waals surface area contributed by atoms with E-state index in [9.17, 15) is 0 Å². The van der Waals surface area contributed by atoms with Gasteiger partial charge >= 0.3 is 0 Å². The van der Waals surface area contributed by atoms with Crippen molar-refractivity contribution in [3.05, 3.63) is 33.4 Å². The van der Waals surface area contributed by atoms with E-state index in [-0.39, 0.29) is 0 Å². The van der Waals surface area contributed by atoms with E-state index in [0.29, 0.717) is 0 Å². The van der Waals surface area contributed by atoms with Gasteiger partial charge in [0, 0.05) is 22.2 Å². The summed E-state index contributed by atoms with van der Waals surface area (Å²) < 4.78 is 1.35. The molecule has 2 fully saturated rings. The van der Waals surface area contributed by atoms with Crippen molar-refractivity contribution in [2.45, 2.75) is 82.8 Å². The molecule has 1 nitrogen and oxygen atoms in total. The first-order valence-electron chi connectivity index (χ1n) is 8.83. The fourth-order valence-electron chi connectivity index (χ4n) is 4.18. The predicted octanol–water partition coefficient (Wildman–Crippen LogP) is 5.76. The zero-order valence-electron chi connectivity index (χ0n) is 13.1. The van der Waals surface area contributed by atoms with Crippen LogP contribution in [0.5, 0.6) is 0 Å². The van der Waals surface area contributed by atoms with Crippen molar-refractivity contribution in [1.29, 1.82) is 0 Å². The van der Waals surface area contributed by atoms with Crippen molar-refractivity contribution in [3.8, 4) is 0 Å². The maximum atomic E-state index is 2.89. The Kier molecular flexibility index (Phi) is 5.98. The van der Waals surface area contributed by atoms with Gasteiger partial charge in [0.05, 0.1) is 0 Å². The Bertz CT molecular complexity index is 398. The molecule has 0 N–H and O–H groups in total. The number of rotatable bonds is 4. The van der Waals surface area contributed by atoms with E-state index in [1.807, 2.05) is 0 Å². The fourth-order valence-corrected chi connectivity index (χ4v) is 4.54. The number of nitrogens with zero attached hydrogens (tertiary/aromatic N) is 1. The largest absolute Gasteiger partial charge is 0.293 e. The van der Waals surface area contributed by atoms with E-state index in [1.165, 1.54) is 79.9 Å². The highest BCUT2D eigenvalue weighted by molar-refractivity contribution is 14.1. The minimum Gasteiger partial charge on any atom is -0.293 e. The van der Waals surface area contributed by atoms with E-state index in [0.717, 1.165) is 12.1 Å². The maximum absolute atomic E-state index is 2.89. The van der Waals surface area contributed by atoms with E-state index in [1.54, 1.807) is 0 Å². The minimum absolute atomic E-state index is 0.848. The molecule has 2 heteroatoms. The standard InChI is InChI=1S/C19H28IN/c20-17-13-11-16(12-14-17)15-21(18-7-3-1-4-8-18)19-9-5-2-6-10-19/h11-14,18-19H,1-10,15H2. The molecular weight excluding hydrogens is 369 g/mol. The monoisotopic (exact) mass is 397 g/mol. The van der Waals surface area contributed by atoms with Crippen molar-refractivity contribution in [1.82, 2.24) is 4.90 Å². The highest BCUT2D eigenvalue weighted by atomic mass is 127. The van der Waals surface area contributed by atoms with E-state index in [4.69, 9.17) is 0 Å². The molecule has 0 heterocycles. The number of halogens is 1. The summed E-state index contributed by atoms with van der Waals surface area (Å²) in [7, 11) is 0. The molecule has 0 bridgehead atoms. The summed E-state index contributed by atoms with van der Waals surface area (Å²) in [5.74, 6) is 0. The smallest absolute Gasteiger partial charge is 0.0239 e. The Morgan fingerprint density at radius 1 is 0.762 bits per heavy atom. The Hall–Kier alpha value is -0.0900. The summed E-state index contributed by atoms with van der Waals surface area (Å²) >= 11 is 2.40. The summed E-state index contributed by atoms with van der Waals surface area (Å²) in [5, 5.41) is 0. The van der Waals surface area contributed by atoms with Crippen LogP contribution < -0.4 is 0 Å². The Labute approximate surface area is 143 Å². The molecule has 0 unspecified atom stereocenters. The van der Waals surface area contributed by atoms with Crippen molar-refractivity contribution >= 4 is 22.6 Å². The Morgan fingerprint density at radius 2 is 1.24 bits per heavy atom. The molecule has 0 amide bonds. The van der Waals surface area contributed by atoms with Crippen molar-refractivity contribution in [2.75, 3.05) is 0 Å². The number of hydrogen-bond donors (Lipinski definition) is 0. The first kappa shape index (κ1) is 15.8. The highest BCUT2D eigenvalue weighted by Crippen LogP contribution is 2.31.